The first-order valence-corrected chi connectivity index (χ1v) is 7.69. The van der Waals surface area contributed by atoms with Gasteiger partial charge in [0.1, 0.15) is 0 Å². The van der Waals surface area contributed by atoms with Crippen molar-refractivity contribution in [2.24, 2.45) is 7.05 Å². The molecule has 2 aromatic heterocycles. The Balaban J connectivity index is 2.34. The molecule has 0 fully saturated rings. The average molecular weight is 348 g/mol. The van der Waals surface area contributed by atoms with Crippen molar-refractivity contribution in [1.29, 1.82) is 0 Å². The van der Waals surface area contributed by atoms with Crippen LogP contribution in [0.1, 0.15) is 52.1 Å². The quantitative estimate of drug-likeness (QED) is 0.705. The highest BCUT2D eigenvalue weighted by molar-refractivity contribution is 6.12. The molecular formula is C15H20N6O4. The van der Waals surface area contributed by atoms with E-state index < -0.39 is 17.8 Å². The maximum absolute atomic E-state index is 12.5. The van der Waals surface area contributed by atoms with Crippen molar-refractivity contribution in [3.8, 4) is 0 Å². The largest absolute Gasteiger partial charge is 0.477 e. The first-order chi connectivity index (χ1) is 11.7. The Hall–Kier alpha value is -3.17. The van der Waals surface area contributed by atoms with Crippen LogP contribution in [0, 0.1) is 0 Å². The lowest BCUT2D eigenvalue weighted by Gasteiger charge is -2.08. The number of aromatic nitrogens is 4. The van der Waals surface area contributed by atoms with Crippen molar-refractivity contribution >= 4 is 23.5 Å². The van der Waals surface area contributed by atoms with E-state index in [0.717, 1.165) is 10.9 Å². The fraction of sp³-hybridized carbons (Fsp3) is 0.400. The van der Waals surface area contributed by atoms with E-state index in [2.05, 4.69) is 20.8 Å². The van der Waals surface area contributed by atoms with Crippen LogP contribution in [0.15, 0.2) is 12.4 Å². The molecule has 0 aliphatic rings. The number of hydrogen-bond donors (Lipinski definition) is 3. The molecule has 0 saturated carbocycles. The zero-order valence-corrected chi connectivity index (χ0v) is 14.4. The summed E-state index contributed by atoms with van der Waals surface area (Å²) in [5.74, 6) is -2.38. The second kappa shape index (κ2) is 7.16. The van der Waals surface area contributed by atoms with Crippen LogP contribution >= 0.6 is 0 Å². The summed E-state index contributed by atoms with van der Waals surface area (Å²) in [5.41, 5.74) is -0.0853. The number of nitrogens with one attached hydrogen (secondary N) is 2. The predicted molar refractivity (Wildman–Crippen MR) is 88.6 cm³/mol. The highest BCUT2D eigenvalue weighted by atomic mass is 16.4. The molecule has 0 unspecified atom stereocenters. The maximum Gasteiger partial charge on any atom is 0.354 e. The number of carbonyl (C=O) groups is 3. The number of anilines is 1. The molecule has 0 spiro atoms. The van der Waals surface area contributed by atoms with Gasteiger partial charge in [-0.15, -0.1) is 0 Å². The summed E-state index contributed by atoms with van der Waals surface area (Å²) < 4.78 is 2.60. The minimum Gasteiger partial charge on any atom is -0.477 e. The Morgan fingerprint density at radius 1 is 1.28 bits per heavy atom. The van der Waals surface area contributed by atoms with E-state index in [0.29, 0.717) is 6.54 Å². The summed E-state index contributed by atoms with van der Waals surface area (Å²) >= 11 is 0. The van der Waals surface area contributed by atoms with Crippen molar-refractivity contribution in [2.45, 2.75) is 33.4 Å². The highest BCUT2D eigenvalue weighted by Gasteiger charge is 2.24. The number of aromatic carboxylic acids is 1. The number of carbonyl (C=O) groups excluding carboxylic acids is 2. The van der Waals surface area contributed by atoms with E-state index in [1.165, 1.54) is 17.9 Å². The zero-order valence-electron chi connectivity index (χ0n) is 14.4. The molecule has 0 aromatic carbocycles. The molecule has 3 N–H and O–H groups in total. The van der Waals surface area contributed by atoms with Gasteiger partial charge in [-0.25, -0.2) is 4.79 Å². The number of aryl methyl sites for hydroxylation is 2. The van der Waals surface area contributed by atoms with Gasteiger partial charge in [0, 0.05) is 25.8 Å². The van der Waals surface area contributed by atoms with Gasteiger partial charge in [0.05, 0.1) is 17.4 Å². The van der Waals surface area contributed by atoms with Gasteiger partial charge in [-0.3, -0.25) is 19.0 Å². The normalized spacial score (nSPS) is 10.8. The van der Waals surface area contributed by atoms with Gasteiger partial charge in [0.2, 0.25) is 0 Å². The van der Waals surface area contributed by atoms with Crippen LogP contribution in [0.25, 0.3) is 0 Å². The molecule has 2 rings (SSSR count). The Kier molecular flexibility index (Phi) is 5.20. The molecule has 25 heavy (non-hydrogen) atoms. The SMILES string of the molecule is CCn1cc(NC(=O)c2cnn(C)c2C(=O)O)c(C(=O)NC(C)C)n1. The van der Waals surface area contributed by atoms with Crippen molar-refractivity contribution in [1.82, 2.24) is 24.9 Å². The van der Waals surface area contributed by atoms with Gasteiger partial charge >= 0.3 is 5.97 Å². The van der Waals surface area contributed by atoms with Crippen molar-refractivity contribution in [3.05, 3.63) is 29.3 Å². The molecule has 134 valence electrons. The van der Waals surface area contributed by atoms with Gasteiger partial charge in [0.25, 0.3) is 11.8 Å². The molecule has 10 heteroatoms. The van der Waals surface area contributed by atoms with Crippen LogP contribution in [0.5, 0.6) is 0 Å². The van der Waals surface area contributed by atoms with Gasteiger partial charge in [-0.1, -0.05) is 0 Å². The monoisotopic (exact) mass is 348 g/mol. The van der Waals surface area contributed by atoms with Crippen molar-refractivity contribution in [3.63, 3.8) is 0 Å². The van der Waals surface area contributed by atoms with Crippen molar-refractivity contribution < 1.29 is 19.5 Å². The molecule has 0 radical (unpaired) electrons. The summed E-state index contributed by atoms with van der Waals surface area (Å²) in [6.45, 7) is 5.96. The van der Waals surface area contributed by atoms with Crippen LogP contribution in [-0.2, 0) is 13.6 Å². The molecule has 0 aliphatic carbocycles. The third-order valence-corrected chi connectivity index (χ3v) is 3.35. The van der Waals surface area contributed by atoms with E-state index in [9.17, 15) is 19.5 Å². The summed E-state index contributed by atoms with van der Waals surface area (Å²) in [6.07, 6.45) is 2.68. The molecular weight excluding hydrogens is 328 g/mol. The lowest BCUT2D eigenvalue weighted by molar-refractivity contribution is 0.0680. The molecule has 0 atom stereocenters. The minimum absolute atomic E-state index is 0.0599. The van der Waals surface area contributed by atoms with Gasteiger partial charge in [0.15, 0.2) is 11.4 Å². The van der Waals surface area contributed by atoms with E-state index in [1.807, 2.05) is 20.8 Å². The van der Waals surface area contributed by atoms with Gasteiger partial charge in [-0.05, 0) is 20.8 Å². The van der Waals surface area contributed by atoms with Crippen LogP contribution in [0.4, 0.5) is 5.69 Å². The van der Waals surface area contributed by atoms with E-state index >= 15 is 0 Å². The van der Waals surface area contributed by atoms with E-state index in [1.54, 1.807) is 0 Å². The van der Waals surface area contributed by atoms with Crippen LogP contribution in [0.3, 0.4) is 0 Å². The van der Waals surface area contributed by atoms with Gasteiger partial charge < -0.3 is 15.7 Å². The first kappa shape index (κ1) is 18.2. The predicted octanol–water partition coefficient (Wildman–Crippen LogP) is 0.725. The number of hydrogen-bond acceptors (Lipinski definition) is 5. The molecule has 2 heterocycles. The van der Waals surface area contributed by atoms with Crippen molar-refractivity contribution in [2.75, 3.05) is 5.32 Å². The number of carboxylic acids is 1. The third kappa shape index (κ3) is 3.84. The van der Waals surface area contributed by atoms with Crippen LogP contribution in [0.2, 0.25) is 0 Å². The third-order valence-electron chi connectivity index (χ3n) is 3.35. The van der Waals surface area contributed by atoms with Crippen LogP contribution < -0.4 is 10.6 Å². The first-order valence-electron chi connectivity index (χ1n) is 7.69. The number of nitrogens with zero attached hydrogens (tertiary/aromatic N) is 4. The topological polar surface area (TPSA) is 131 Å². The number of rotatable bonds is 6. The smallest absolute Gasteiger partial charge is 0.354 e. The fourth-order valence-corrected chi connectivity index (χ4v) is 2.22. The molecule has 10 nitrogen and oxygen atoms in total. The Morgan fingerprint density at radius 2 is 1.96 bits per heavy atom. The number of carboxylic acid groups (broad SMARTS) is 1. The summed E-state index contributed by atoms with van der Waals surface area (Å²) in [5, 5.41) is 22.4. The van der Waals surface area contributed by atoms with Crippen LogP contribution in [-0.4, -0.2) is 48.5 Å². The second-order valence-corrected chi connectivity index (χ2v) is 5.66. The molecule has 2 amide bonds. The summed E-state index contributed by atoms with van der Waals surface area (Å²) in [4.78, 5) is 36.0. The minimum atomic E-state index is -1.27. The van der Waals surface area contributed by atoms with E-state index in [-0.39, 0.29) is 28.7 Å². The lowest BCUT2D eigenvalue weighted by Crippen LogP contribution is -2.31. The zero-order chi connectivity index (χ0) is 18.7. The average Bonchev–Trinajstić information content (AvgIpc) is 3.09. The Bertz CT molecular complexity index is 820. The lowest BCUT2D eigenvalue weighted by atomic mass is 10.2. The molecule has 2 aromatic rings. The molecule has 0 aliphatic heterocycles. The highest BCUT2D eigenvalue weighted by Crippen LogP contribution is 2.17. The Labute approximate surface area is 143 Å². The molecule has 0 bridgehead atoms. The van der Waals surface area contributed by atoms with Gasteiger partial charge in [-0.2, -0.15) is 10.2 Å². The Morgan fingerprint density at radius 3 is 2.52 bits per heavy atom. The second-order valence-electron chi connectivity index (χ2n) is 5.66. The standard InChI is InChI=1S/C15H20N6O4/c1-5-21-7-10(11(19-21)14(23)17-8(2)3)18-13(22)9-6-16-20(4)12(9)15(24)25/h6-8H,5H2,1-4H3,(H,17,23)(H,18,22)(H,24,25). The summed E-state index contributed by atoms with van der Waals surface area (Å²) in [6, 6.07) is -0.0974. The maximum atomic E-state index is 12.5. The van der Waals surface area contributed by atoms with E-state index in [4.69, 9.17) is 0 Å². The summed E-state index contributed by atoms with van der Waals surface area (Å²) in [7, 11) is 1.43. The number of amides is 2. The fourth-order valence-electron chi connectivity index (χ4n) is 2.22. The molecule has 0 saturated heterocycles.